The molecule has 0 aromatic rings. The third-order valence-electron chi connectivity index (χ3n) is 3.81. The monoisotopic (exact) mass is 955 g/mol. The van der Waals surface area contributed by atoms with Gasteiger partial charge in [-0.15, -0.1) is 0 Å². The molecule has 0 amide bonds. The van der Waals surface area contributed by atoms with E-state index in [2.05, 4.69) is 159 Å². The number of rotatable bonds is 1. The zero-order valence-corrected chi connectivity index (χ0v) is 26.6. The van der Waals surface area contributed by atoms with Gasteiger partial charge in [0, 0.05) is 0 Å². The Balaban J connectivity index is 2.80. The first kappa shape index (κ1) is 23.2. The fraction of sp³-hybridized carbons (Fsp3) is 0.583. The second kappa shape index (κ2) is 7.03. The molecule has 0 spiro atoms. The molecule has 0 aromatic carbocycles. The summed E-state index contributed by atoms with van der Waals surface area (Å²) in [6.07, 6.45) is 8.49. The molecule has 1 fully saturated rings. The molecule has 0 bridgehead atoms. The van der Waals surface area contributed by atoms with Gasteiger partial charge in [-0.1, -0.05) is 184 Å². The minimum atomic E-state index is -1.13. The van der Waals surface area contributed by atoms with Crippen molar-refractivity contribution in [1.82, 2.24) is 0 Å². The van der Waals surface area contributed by atoms with E-state index >= 15 is 0 Å². The summed E-state index contributed by atoms with van der Waals surface area (Å²) in [5.74, 6) is -0.126. The molecule has 2 unspecified atom stereocenters. The van der Waals surface area contributed by atoms with Gasteiger partial charge in [-0.2, -0.15) is 0 Å². The summed E-state index contributed by atoms with van der Waals surface area (Å²) >= 11 is 36.8. The van der Waals surface area contributed by atoms with Crippen LogP contribution in [0.2, 0.25) is 0 Å². The van der Waals surface area contributed by atoms with Crippen LogP contribution >= 0.6 is 159 Å². The van der Waals surface area contributed by atoms with Gasteiger partial charge in [-0.3, -0.25) is 4.79 Å². The normalized spacial score (nSPS) is 40.2. The fourth-order valence-electron chi connectivity index (χ4n) is 2.41. The zero-order chi connectivity index (χ0) is 18.1. The number of Topliss-reactive ketones (excluding diaryl/α,β-unsaturated/α-hetero) is 1. The summed E-state index contributed by atoms with van der Waals surface area (Å²) in [6.45, 7) is 0. The molecule has 2 aliphatic rings. The van der Waals surface area contributed by atoms with E-state index in [1.54, 1.807) is 0 Å². The van der Waals surface area contributed by atoms with Crippen molar-refractivity contribution in [2.45, 2.75) is 28.0 Å². The van der Waals surface area contributed by atoms with E-state index in [1.165, 1.54) is 0 Å². The van der Waals surface area contributed by atoms with Crippen LogP contribution in [-0.2, 0) is 4.79 Å². The van der Waals surface area contributed by atoms with Crippen molar-refractivity contribution in [2.75, 3.05) is 0 Å². The highest BCUT2D eigenvalue weighted by Gasteiger charge is 2.83. The van der Waals surface area contributed by atoms with Crippen molar-refractivity contribution in [1.29, 1.82) is 0 Å². The highest BCUT2D eigenvalue weighted by atomic mass is 79.9. The van der Waals surface area contributed by atoms with Crippen molar-refractivity contribution >= 4 is 165 Å². The molecular formula is C12H6Br10O. The van der Waals surface area contributed by atoms with Gasteiger partial charge in [0.2, 0.25) is 0 Å². The predicted octanol–water partition coefficient (Wildman–Crippen LogP) is 8.30. The summed E-state index contributed by atoms with van der Waals surface area (Å²) < 4.78 is -5.65. The molecule has 11 heteroatoms. The molecule has 0 aromatic heterocycles. The van der Waals surface area contributed by atoms with Gasteiger partial charge in [0.15, 0.2) is 9.02 Å². The summed E-state index contributed by atoms with van der Waals surface area (Å²) in [5, 5.41) is 0. The van der Waals surface area contributed by atoms with Gasteiger partial charge in [-0.25, -0.2) is 0 Å². The first-order chi connectivity index (χ1) is 10.1. The van der Waals surface area contributed by atoms with Crippen LogP contribution in [0, 0.1) is 0 Å². The summed E-state index contributed by atoms with van der Waals surface area (Å²) in [5.41, 5.74) is 0. The third kappa shape index (κ3) is 2.96. The molecule has 1 saturated carbocycles. The molecule has 0 aliphatic heterocycles. The lowest BCUT2D eigenvalue weighted by Crippen LogP contribution is -2.78. The van der Waals surface area contributed by atoms with Gasteiger partial charge >= 0.3 is 0 Å². The minimum Gasteiger partial charge on any atom is -0.295 e. The summed E-state index contributed by atoms with van der Waals surface area (Å²) in [6, 6.07) is 0. The maximum absolute atomic E-state index is 13.6. The Labute approximate surface area is 218 Å². The lowest BCUT2D eigenvalue weighted by molar-refractivity contribution is -0.123. The topological polar surface area (TPSA) is 17.1 Å². The number of allylic oxidation sites excluding steroid dienone is 4. The molecule has 2 aliphatic carbocycles. The Morgan fingerprint density at radius 1 is 0.739 bits per heavy atom. The Hall–Kier alpha value is 3.95. The van der Waals surface area contributed by atoms with Crippen LogP contribution in [-0.4, -0.2) is 27.4 Å². The molecule has 2 atom stereocenters. The lowest BCUT2D eigenvalue weighted by atomic mass is 9.75. The Morgan fingerprint density at radius 2 is 1.26 bits per heavy atom. The van der Waals surface area contributed by atoms with E-state index in [-0.39, 0.29) is 5.78 Å². The molecule has 0 heterocycles. The van der Waals surface area contributed by atoms with Crippen molar-refractivity contribution < 1.29 is 4.79 Å². The lowest BCUT2D eigenvalue weighted by Gasteiger charge is -2.62. The molecule has 0 saturated heterocycles. The Kier molecular flexibility index (Phi) is 7.10. The molecule has 1 nitrogen and oxygen atoms in total. The van der Waals surface area contributed by atoms with E-state index in [4.69, 9.17) is 0 Å². The largest absolute Gasteiger partial charge is 0.295 e. The first-order valence-corrected chi connectivity index (χ1v) is 13.8. The van der Waals surface area contributed by atoms with Gasteiger partial charge in [0.1, 0.15) is 14.0 Å². The first-order valence-electron chi connectivity index (χ1n) is 5.89. The van der Waals surface area contributed by atoms with Crippen LogP contribution in [0.5, 0.6) is 0 Å². The van der Waals surface area contributed by atoms with Crippen LogP contribution in [0.25, 0.3) is 0 Å². The molecule has 0 N–H and O–H groups in total. The second-order valence-electron chi connectivity index (χ2n) is 5.14. The van der Waals surface area contributed by atoms with Crippen LogP contribution in [0.15, 0.2) is 24.3 Å². The van der Waals surface area contributed by atoms with Crippen molar-refractivity contribution in [3.05, 3.63) is 24.3 Å². The van der Waals surface area contributed by atoms with Crippen LogP contribution in [0.1, 0.15) is 6.42 Å². The SMILES string of the molecule is O=C1C(Br)(Br)C(Br)(Br)C(Br)(Br)C(Br)(Br)C1(Br)C1(Br)C=CC=CC1. The van der Waals surface area contributed by atoms with E-state index < -0.39 is 21.6 Å². The van der Waals surface area contributed by atoms with Crippen LogP contribution < -0.4 is 0 Å². The molecule has 0 radical (unpaired) electrons. The maximum Gasteiger partial charge on any atom is 0.183 e. The highest BCUT2D eigenvalue weighted by molar-refractivity contribution is 9.35. The van der Waals surface area contributed by atoms with Gasteiger partial charge in [0.05, 0.1) is 4.32 Å². The Bertz CT molecular complexity index is 607. The third-order valence-corrected chi connectivity index (χ3v) is 23.7. The minimum absolute atomic E-state index is 0.126. The summed E-state index contributed by atoms with van der Waals surface area (Å²) in [4.78, 5) is 13.6. The number of alkyl halides is 10. The molecule has 130 valence electrons. The molecule has 23 heavy (non-hydrogen) atoms. The van der Waals surface area contributed by atoms with Gasteiger partial charge in [-0.05, 0) is 6.42 Å². The number of hydrogen-bond acceptors (Lipinski definition) is 1. The number of hydrogen-bond donors (Lipinski definition) is 0. The zero-order valence-electron chi connectivity index (χ0n) is 10.7. The average molecular weight is 965 g/mol. The molecular weight excluding hydrogens is 959 g/mol. The van der Waals surface area contributed by atoms with E-state index in [0.717, 1.165) is 0 Å². The van der Waals surface area contributed by atoms with Gasteiger partial charge in [0.25, 0.3) is 0 Å². The number of halogens is 10. The van der Waals surface area contributed by atoms with Crippen molar-refractivity contribution in [3.8, 4) is 0 Å². The summed E-state index contributed by atoms with van der Waals surface area (Å²) in [7, 11) is 0. The van der Waals surface area contributed by atoms with E-state index in [9.17, 15) is 4.79 Å². The fourth-order valence-corrected chi connectivity index (χ4v) is 12.8. The van der Waals surface area contributed by atoms with Gasteiger partial charge < -0.3 is 0 Å². The van der Waals surface area contributed by atoms with E-state index in [1.807, 2.05) is 24.3 Å². The quantitative estimate of drug-likeness (QED) is 0.242. The number of ketones is 1. The average Bonchev–Trinajstić information content (AvgIpc) is 2.44. The maximum atomic E-state index is 13.6. The number of carbonyl (C=O) groups excluding carboxylic acids is 1. The molecule has 2 rings (SSSR count). The highest BCUT2D eigenvalue weighted by Crippen LogP contribution is 2.77. The predicted molar refractivity (Wildman–Crippen MR) is 134 cm³/mol. The second-order valence-corrected chi connectivity index (χ2v) is 21.5. The van der Waals surface area contributed by atoms with Crippen molar-refractivity contribution in [3.63, 3.8) is 0 Å². The van der Waals surface area contributed by atoms with Crippen LogP contribution in [0.3, 0.4) is 0 Å². The van der Waals surface area contributed by atoms with Crippen LogP contribution in [0.4, 0.5) is 0 Å². The standard InChI is InChI=1S/C12H6Br10O/c13-7(4-2-1-3-5-7)8(14)6(23)9(15,16)11(19,20)12(21,22)10(8,17)18/h1-4H,5H2. The van der Waals surface area contributed by atoms with Crippen molar-refractivity contribution in [2.24, 2.45) is 0 Å². The number of carbonyl (C=O) groups is 1. The van der Waals surface area contributed by atoms with E-state index in [0.29, 0.717) is 6.42 Å². The Morgan fingerprint density at radius 3 is 1.70 bits per heavy atom. The smallest absolute Gasteiger partial charge is 0.183 e.